The zero-order valence-electron chi connectivity index (χ0n) is 8.44. The molecule has 0 aliphatic carbocycles. The van der Waals surface area contributed by atoms with E-state index >= 15 is 0 Å². The van der Waals surface area contributed by atoms with E-state index in [4.69, 9.17) is 11.6 Å². The second-order valence-electron chi connectivity index (χ2n) is 3.38. The Morgan fingerprint density at radius 3 is 2.73 bits per heavy atom. The Balaban J connectivity index is 2.46. The molecule has 76 valence electrons. The van der Waals surface area contributed by atoms with Gasteiger partial charge in [-0.1, -0.05) is 18.2 Å². The third-order valence-electron chi connectivity index (χ3n) is 2.30. The quantitative estimate of drug-likeness (QED) is 0.724. The minimum Gasteiger partial charge on any atom is -0.245 e. The number of aromatic nitrogens is 2. The van der Waals surface area contributed by atoms with Crippen LogP contribution in [-0.4, -0.2) is 9.97 Å². The summed E-state index contributed by atoms with van der Waals surface area (Å²) in [5.41, 5.74) is 4.40. The third kappa shape index (κ3) is 2.16. The average molecular weight is 219 g/mol. The molecule has 3 heteroatoms. The number of nitrogens with zero attached hydrogens (tertiary/aromatic N) is 2. The SMILES string of the molecule is Cc1cc(CCl)ccc1-c1ccncn1. The molecule has 0 spiro atoms. The summed E-state index contributed by atoms with van der Waals surface area (Å²) < 4.78 is 0. The highest BCUT2D eigenvalue weighted by atomic mass is 35.5. The van der Waals surface area contributed by atoms with Crippen LogP contribution < -0.4 is 0 Å². The van der Waals surface area contributed by atoms with Gasteiger partial charge in [0.25, 0.3) is 0 Å². The first-order valence-corrected chi connectivity index (χ1v) is 5.26. The maximum Gasteiger partial charge on any atom is 0.116 e. The van der Waals surface area contributed by atoms with E-state index in [1.165, 1.54) is 5.56 Å². The number of hydrogen-bond acceptors (Lipinski definition) is 2. The molecule has 0 atom stereocenters. The second-order valence-corrected chi connectivity index (χ2v) is 3.64. The first-order chi connectivity index (χ1) is 7.31. The van der Waals surface area contributed by atoms with Crippen LogP contribution in [0.2, 0.25) is 0 Å². The minimum absolute atomic E-state index is 0.547. The van der Waals surface area contributed by atoms with Crippen LogP contribution in [0, 0.1) is 6.92 Å². The Hall–Kier alpha value is -1.41. The van der Waals surface area contributed by atoms with Crippen LogP contribution in [0.25, 0.3) is 11.3 Å². The van der Waals surface area contributed by atoms with E-state index in [1.807, 2.05) is 12.1 Å². The Kier molecular flexibility index (Phi) is 2.97. The van der Waals surface area contributed by atoms with Crippen molar-refractivity contribution < 1.29 is 0 Å². The van der Waals surface area contributed by atoms with Crippen LogP contribution in [-0.2, 0) is 5.88 Å². The van der Waals surface area contributed by atoms with Crippen LogP contribution in [0.5, 0.6) is 0 Å². The Morgan fingerprint density at radius 2 is 2.13 bits per heavy atom. The lowest BCUT2D eigenvalue weighted by Crippen LogP contribution is -1.89. The fourth-order valence-corrected chi connectivity index (χ4v) is 1.71. The molecule has 0 N–H and O–H groups in total. The molecule has 0 fully saturated rings. The molecule has 0 bridgehead atoms. The lowest BCUT2D eigenvalue weighted by molar-refractivity contribution is 1.17. The van der Waals surface area contributed by atoms with Gasteiger partial charge in [-0.2, -0.15) is 0 Å². The molecular weight excluding hydrogens is 208 g/mol. The lowest BCUT2D eigenvalue weighted by Gasteiger charge is -2.06. The van der Waals surface area contributed by atoms with Crippen molar-refractivity contribution in [3.8, 4) is 11.3 Å². The van der Waals surface area contributed by atoms with E-state index < -0.39 is 0 Å². The van der Waals surface area contributed by atoms with Crippen molar-refractivity contribution in [3.05, 3.63) is 47.9 Å². The number of benzene rings is 1. The first-order valence-electron chi connectivity index (χ1n) is 4.73. The number of alkyl halides is 1. The molecule has 0 radical (unpaired) electrons. The molecule has 1 aromatic heterocycles. The predicted octanol–water partition coefficient (Wildman–Crippen LogP) is 3.19. The maximum atomic E-state index is 5.77. The highest BCUT2D eigenvalue weighted by molar-refractivity contribution is 6.17. The van der Waals surface area contributed by atoms with E-state index in [-0.39, 0.29) is 0 Å². The van der Waals surface area contributed by atoms with Gasteiger partial charge in [-0.25, -0.2) is 9.97 Å². The standard InChI is InChI=1S/C12H11ClN2/c1-9-6-10(7-13)2-3-11(9)12-4-5-14-8-15-12/h2-6,8H,7H2,1H3. The van der Waals surface area contributed by atoms with E-state index in [0.29, 0.717) is 5.88 Å². The van der Waals surface area contributed by atoms with Gasteiger partial charge in [0, 0.05) is 17.6 Å². The van der Waals surface area contributed by atoms with Crippen LogP contribution >= 0.6 is 11.6 Å². The number of rotatable bonds is 2. The fourth-order valence-electron chi connectivity index (χ4n) is 1.55. The summed E-state index contributed by atoms with van der Waals surface area (Å²) >= 11 is 5.77. The van der Waals surface area contributed by atoms with Crippen LogP contribution in [0.1, 0.15) is 11.1 Å². The molecule has 0 unspecified atom stereocenters. The number of aryl methyl sites for hydroxylation is 1. The van der Waals surface area contributed by atoms with E-state index in [1.54, 1.807) is 12.5 Å². The van der Waals surface area contributed by atoms with Crippen molar-refractivity contribution >= 4 is 11.6 Å². The summed E-state index contributed by atoms with van der Waals surface area (Å²) in [5.74, 6) is 0.547. The van der Waals surface area contributed by atoms with Crippen molar-refractivity contribution in [1.29, 1.82) is 0 Å². The highest BCUT2D eigenvalue weighted by Gasteiger charge is 2.03. The van der Waals surface area contributed by atoms with E-state index in [9.17, 15) is 0 Å². The summed E-state index contributed by atoms with van der Waals surface area (Å²) in [4.78, 5) is 8.12. The Morgan fingerprint density at radius 1 is 1.27 bits per heavy atom. The van der Waals surface area contributed by atoms with Crippen molar-refractivity contribution in [1.82, 2.24) is 9.97 Å². The molecule has 15 heavy (non-hydrogen) atoms. The molecule has 0 aliphatic heterocycles. The molecule has 2 aromatic rings. The van der Waals surface area contributed by atoms with Crippen LogP contribution in [0.15, 0.2) is 36.8 Å². The normalized spacial score (nSPS) is 10.3. The monoisotopic (exact) mass is 218 g/mol. The maximum absolute atomic E-state index is 5.77. The number of hydrogen-bond donors (Lipinski definition) is 0. The van der Waals surface area contributed by atoms with Gasteiger partial charge in [0.05, 0.1) is 5.69 Å². The largest absolute Gasteiger partial charge is 0.245 e. The minimum atomic E-state index is 0.547. The smallest absolute Gasteiger partial charge is 0.116 e. The summed E-state index contributed by atoms with van der Waals surface area (Å²) in [5, 5.41) is 0. The summed E-state index contributed by atoms with van der Waals surface area (Å²) in [6.07, 6.45) is 3.31. The van der Waals surface area contributed by atoms with Crippen LogP contribution in [0.4, 0.5) is 0 Å². The summed E-state index contributed by atoms with van der Waals surface area (Å²) in [6, 6.07) is 8.07. The van der Waals surface area contributed by atoms with Gasteiger partial charge in [0.1, 0.15) is 6.33 Å². The molecular formula is C12H11ClN2. The average Bonchev–Trinajstić information content (AvgIpc) is 2.30. The van der Waals surface area contributed by atoms with Gasteiger partial charge in [-0.15, -0.1) is 11.6 Å². The molecule has 2 rings (SSSR count). The first kappa shape index (κ1) is 10.1. The Bertz CT molecular complexity index is 454. The number of halogens is 1. The van der Waals surface area contributed by atoms with E-state index in [0.717, 1.165) is 16.8 Å². The zero-order valence-corrected chi connectivity index (χ0v) is 9.20. The summed E-state index contributed by atoms with van der Waals surface area (Å²) in [7, 11) is 0. The third-order valence-corrected chi connectivity index (χ3v) is 2.61. The van der Waals surface area contributed by atoms with Crippen molar-refractivity contribution in [2.24, 2.45) is 0 Å². The molecule has 2 nitrogen and oxygen atoms in total. The van der Waals surface area contributed by atoms with Gasteiger partial charge in [0.15, 0.2) is 0 Å². The van der Waals surface area contributed by atoms with Gasteiger partial charge in [-0.3, -0.25) is 0 Å². The molecule has 0 saturated heterocycles. The molecule has 1 heterocycles. The highest BCUT2D eigenvalue weighted by Crippen LogP contribution is 2.22. The van der Waals surface area contributed by atoms with Crippen molar-refractivity contribution in [2.45, 2.75) is 12.8 Å². The zero-order chi connectivity index (χ0) is 10.7. The lowest BCUT2D eigenvalue weighted by atomic mass is 10.0. The molecule has 0 saturated carbocycles. The fraction of sp³-hybridized carbons (Fsp3) is 0.167. The van der Waals surface area contributed by atoms with Gasteiger partial charge < -0.3 is 0 Å². The van der Waals surface area contributed by atoms with Gasteiger partial charge in [0.2, 0.25) is 0 Å². The second kappa shape index (κ2) is 4.41. The van der Waals surface area contributed by atoms with Crippen molar-refractivity contribution in [3.63, 3.8) is 0 Å². The molecule has 0 aliphatic rings. The van der Waals surface area contributed by atoms with Gasteiger partial charge >= 0.3 is 0 Å². The molecule has 0 amide bonds. The molecule has 1 aromatic carbocycles. The van der Waals surface area contributed by atoms with E-state index in [2.05, 4.69) is 29.0 Å². The summed E-state index contributed by atoms with van der Waals surface area (Å²) in [6.45, 7) is 2.06. The van der Waals surface area contributed by atoms with Crippen molar-refractivity contribution in [2.75, 3.05) is 0 Å². The topological polar surface area (TPSA) is 25.8 Å². The van der Waals surface area contributed by atoms with Gasteiger partial charge in [-0.05, 0) is 24.1 Å². The predicted molar refractivity (Wildman–Crippen MR) is 61.8 cm³/mol. The Labute approximate surface area is 94.0 Å². The van der Waals surface area contributed by atoms with Crippen LogP contribution in [0.3, 0.4) is 0 Å².